The van der Waals surface area contributed by atoms with Crippen molar-refractivity contribution in [1.29, 1.82) is 0 Å². The molecule has 0 spiro atoms. The van der Waals surface area contributed by atoms with E-state index in [1.165, 1.54) is 0 Å². The van der Waals surface area contributed by atoms with Gasteiger partial charge in [-0.05, 0) is 42.9 Å². The molecule has 0 saturated heterocycles. The molecule has 2 heteroatoms. The van der Waals surface area contributed by atoms with E-state index in [1.54, 1.807) is 0 Å². The summed E-state index contributed by atoms with van der Waals surface area (Å²) in [5, 5.41) is 19.5. The molecule has 96 valence electrons. The van der Waals surface area contributed by atoms with Gasteiger partial charge < -0.3 is 10.2 Å². The van der Waals surface area contributed by atoms with Crippen molar-refractivity contribution in [1.82, 2.24) is 0 Å². The third-order valence-electron chi connectivity index (χ3n) is 4.70. The van der Waals surface area contributed by atoms with E-state index in [9.17, 15) is 10.2 Å². The van der Waals surface area contributed by atoms with Crippen molar-refractivity contribution < 1.29 is 10.2 Å². The van der Waals surface area contributed by atoms with Gasteiger partial charge in [-0.1, -0.05) is 37.6 Å². The van der Waals surface area contributed by atoms with E-state index in [0.29, 0.717) is 17.8 Å². The molecule has 0 heterocycles. The summed E-state index contributed by atoms with van der Waals surface area (Å²) in [6.07, 6.45) is 7.87. The maximum atomic E-state index is 9.94. The number of fused-ring (bicyclic) bond motifs is 1. The Morgan fingerprint density at radius 2 is 2.18 bits per heavy atom. The van der Waals surface area contributed by atoms with Crippen molar-refractivity contribution in [3.63, 3.8) is 0 Å². The third kappa shape index (κ3) is 2.34. The second kappa shape index (κ2) is 4.58. The predicted octanol–water partition coefficient (Wildman–Crippen LogP) is 2.52. The smallest absolute Gasteiger partial charge is 0.0729 e. The van der Waals surface area contributed by atoms with Gasteiger partial charge in [0.25, 0.3) is 0 Å². The van der Waals surface area contributed by atoms with Crippen LogP contribution < -0.4 is 0 Å². The molecular weight excluding hydrogens is 212 g/mol. The first-order valence-corrected chi connectivity index (χ1v) is 6.62. The van der Waals surface area contributed by atoms with Crippen LogP contribution in [0, 0.1) is 23.2 Å². The minimum Gasteiger partial charge on any atom is -0.396 e. The van der Waals surface area contributed by atoms with Crippen LogP contribution in [-0.4, -0.2) is 22.9 Å². The van der Waals surface area contributed by atoms with Crippen molar-refractivity contribution in [3.05, 3.63) is 23.8 Å². The van der Waals surface area contributed by atoms with Gasteiger partial charge >= 0.3 is 0 Å². The summed E-state index contributed by atoms with van der Waals surface area (Å²) in [5.74, 6) is 1.58. The van der Waals surface area contributed by atoms with Crippen LogP contribution in [0.25, 0.3) is 0 Å². The van der Waals surface area contributed by atoms with Crippen LogP contribution in [0.2, 0.25) is 0 Å². The Hall–Kier alpha value is -0.600. The van der Waals surface area contributed by atoms with Crippen molar-refractivity contribution in [3.8, 4) is 0 Å². The van der Waals surface area contributed by atoms with Crippen LogP contribution in [0.15, 0.2) is 23.8 Å². The molecule has 0 radical (unpaired) electrons. The molecule has 0 aromatic rings. The summed E-state index contributed by atoms with van der Waals surface area (Å²) >= 11 is 0. The highest BCUT2D eigenvalue weighted by atomic mass is 16.3. The normalized spacial score (nSPS) is 51.0. The fraction of sp³-hybridized carbons (Fsp3) is 0.733. The Kier molecular flexibility index (Phi) is 3.46. The van der Waals surface area contributed by atoms with E-state index in [2.05, 4.69) is 26.0 Å². The number of hydrogen-bond acceptors (Lipinski definition) is 2. The molecule has 0 amide bonds. The van der Waals surface area contributed by atoms with Crippen molar-refractivity contribution >= 4 is 0 Å². The molecule has 0 aromatic heterocycles. The molecule has 5 atom stereocenters. The Morgan fingerprint density at radius 3 is 2.82 bits per heavy atom. The molecule has 1 fully saturated rings. The standard InChI is InChI=1S/C15H24O2/c1-10-4-5-14-13(8-15(14,3)9-16)11(2)7-12(17)6-10/h4-6,11-14,16-17H,7-9H2,1-3H3/b5-4+,10-6-. The molecular formula is C15H24O2. The Bertz CT molecular complexity index is 345. The first-order chi connectivity index (χ1) is 7.96. The van der Waals surface area contributed by atoms with Gasteiger partial charge in [0.15, 0.2) is 0 Å². The lowest BCUT2D eigenvalue weighted by atomic mass is 9.51. The summed E-state index contributed by atoms with van der Waals surface area (Å²) in [5.41, 5.74) is 1.17. The molecule has 0 aliphatic heterocycles. The number of aliphatic hydroxyl groups is 2. The van der Waals surface area contributed by atoms with Gasteiger partial charge in [0.1, 0.15) is 0 Å². The van der Waals surface area contributed by atoms with Gasteiger partial charge in [-0.2, -0.15) is 0 Å². The SMILES string of the molecule is CC1=C/C(O)CC(C)C2CC(C)(CO)C2\C=C\1. The zero-order valence-corrected chi connectivity index (χ0v) is 11.1. The molecule has 5 unspecified atom stereocenters. The van der Waals surface area contributed by atoms with Gasteiger partial charge in [-0.15, -0.1) is 0 Å². The molecule has 2 rings (SSSR count). The average Bonchev–Trinajstić information content (AvgIpc) is 2.27. The molecule has 1 saturated carbocycles. The van der Waals surface area contributed by atoms with Crippen LogP contribution in [0.1, 0.15) is 33.6 Å². The largest absolute Gasteiger partial charge is 0.396 e. The van der Waals surface area contributed by atoms with E-state index in [1.807, 2.05) is 13.0 Å². The van der Waals surface area contributed by atoms with Gasteiger partial charge in [0.2, 0.25) is 0 Å². The zero-order valence-electron chi connectivity index (χ0n) is 11.1. The maximum Gasteiger partial charge on any atom is 0.0729 e. The van der Waals surface area contributed by atoms with Crippen LogP contribution in [0.3, 0.4) is 0 Å². The lowest BCUT2D eigenvalue weighted by Crippen LogP contribution is -2.50. The Labute approximate surface area is 104 Å². The predicted molar refractivity (Wildman–Crippen MR) is 69.5 cm³/mol. The minimum atomic E-state index is -0.325. The topological polar surface area (TPSA) is 40.5 Å². The number of aliphatic hydroxyl groups excluding tert-OH is 2. The summed E-state index contributed by atoms with van der Waals surface area (Å²) < 4.78 is 0. The Balaban J connectivity index is 2.22. The Morgan fingerprint density at radius 1 is 1.47 bits per heavy atom. The molecule has 17 heavy (non-hydrogen) atoms. The second-order valence-electron chi connectivity index (χ2n) is 6.26. The highest BCUT2D eigenvalue weighted by molar-refractivity contribution is 5.22. The summed E-state index contributed by atoms with van der Waals surface area (Å²) in [4.78, 5) is 0. The lowest BCUT2D eigenvalue weighted by Gasteiger charge is -2.54. The average molecular weight is 236 g/mol. The molecule has 2 aliphatic rings. The van der Waals surface area contributed by atoms with Crippen molar-refractivity contribution in [2.75, 3.05) is 6.61 Å². The summed E-state index contributed by atoms with van der Waals surface area (Å²) in [6.45, 7) is 6.68. The van der Waals surface area contributed by atoms with Crippen molar-refractivity contribution in [2.45, 2.75) is 39.7 Å². The quantitative estimate of drug-likeness (QED) is 0.734. The van der Waals surface area contributed by atoms with E-state index >= 15 is 0 Å². The highest BCUT2D eigenvalue weighted by Crippen LogP contribution is 2.55. The first-order valence-electron chi connectivity index (χ1n) is 6.62. The summed E-state index contributed by atoms with van der Waals surface area (Å²) in [7, 11) is 0. The van der Waals surface area contributed by atoms with Gasteiger partial charge in [0.05, 0.1) is 6.10 Å². The molecule has 2 nitrogen and oxygen atoms in total. The molecule has 0 aromatic carbocycles. The van der Waals surface area contributed by atoms with Gasteiger partial charge in [0, 0.05) is 6.61 Å². The molecule has 2 aliphatic carbocycles. The zero-order chi connectivity index (χ0) is 12.6. The van der Waals surface area contributed by atoms with E-state index < -0.39 is 0 Å². The van der Waals surface area contributed by atoms with Crippen LogP contribution >= 0.6 is 0 Å². The highest BCUT2D eigenvalue weighted by Gasteiger charge is 2.50. The van der Waals surface area contributed by atoms with E-state index in [-0.39, 0.29) is 18.1 Å². The summed E-state index contributed by atoms with van der Waals surface area (Å²) in [6, 6.07) is 0. The maximum absolute atomic E-state index is 9.94. The van der Waals surface area contributed by atoms with Gasteiger partial charge in [-0.25, -0.2) is 0 Å². The molecule has 0 bridgehead atoms. The number of hydrogen-bond donors (Lipinski definition) is 2. The first kappa shape index (κ1) is 12.8. The number of rotatable bonds is 1. The monoisotopic (exact) mass is 236 g/mol. The minimum absolute atomic E-state index is 0.0466. The van der Waals surface area contributed by atoms with E-state index in [4.69, 9.17) is 0 Å². The lowest BCUT2D eigenvalue weighted by molar-refractivity contribution is -0.0687. The fourth-order valence-electron chi connectivity index (χ4n) is 3.50. The second-order valence-corrected chi connectivity index (χ2v) is 6.26. The van der Waals surface area contributed by atoms with Gasteiger partial charge in [-0.3, -0.25) is 0 Å². The number of allylic oxidation sites excluding steroid dienone is 3. The third-order valence-corrected chi connectivity index (χ3v) is 4.70. The van der Waals surface area contributed by atoms with Crippen LogP contribution in [0.5, 0.6) is 0 Å². The van der Waals surface area contributed by atoms with Crippen LogP contribution in [0.4, 0.5) is 0 Å². The van der Waals surface area contributed by atoms with E-state index in [0.717, 1.165) is 18.4 Å². The van der Waals surface area contributed by atoms with Crippen LogP contribution in [-0.2, 0) is 0 Å². The molecule has 2 N–H and O–H groups in total. The van der Waals surface area contributed by atoms with Crippen molar-refractivity contribution in [2.24, 2.45) is 23.2 Å². The fourth-order valence-corrected chi connectivity index (χ4v) is 3.50.